The highest BCUT2D eigenvalue weighted by Gasteiger charge is 2.32. The summed E-state index contributed by atoms with van der Waals surface area (Å²) in [7, 11) is 1.96. The number of carbonyl (C=O) groups is 2. The van der Waals surface area contributed by atoms with E-state index in [-0.39, 0.29) is 17.9 Å². The van der Waals surface area contributed by atoms with Crippen LogP contribution in [-0.2, 0) is 24.8 Å². The summed E-state index contributed by atoms with van der Waals surface area (Å²) in [6.07, 6.45) is 8.19. The van der Waals surface area contributed by atoms with Gasteiger partial charge in [-0.25, -0.2) is 4.98 Å². The van der Waals surface area contributed by atoms with Gasteiger partial charge in [-0.3, -0.25) is 9.59 Å². The summed E-state index contributed by atoms with van der Waals surface area (Å²) < 4.78 is 4.08. The zero-order valence-electron chi connectivity index (χ0n) is 17.3. The van der Waals surface area contributed by atoms with Crippen LogP contribution >= 0.6 is 0 Å². The van der Waals surface area contributed by atoms with Crippen molar-refractivity contribution in [2.45, 2.75) is 25.9 Å². The number of aryl methyl sites for hydroxylation is 1. The zero-order valence-corrected chi connectivity index (χ0v) is 17.3. The number of benzene rings is 1. The molecule has 2 aliphatic rings. The third-order valence-electron chi connectivity index (χ3n) is 6.17. The summed E-state index contributed by atoms with van der Waals surface area (Å²) in [4.78, 5) is 34.3. The summed E-state index contributed by atoms with van der Waals surface area (Å²) in [5.74, 6) is 0.957. The molecule has 154 valence electrons. The lowest BCUT2D eigenvalue weighted by molar-refractivity contribution is -0.129. The molecule has 7 nitrogen and oxygen atoms in total. The van der Waals surface area contributed by atoms with Gasteiger partial charge in [0, 0.05) is 56.5 Å². The largest absolute Gasteiger partial charge is 0.350 e. The van der Waals surface area contributed by atoms with E-state index >= 15 is 0 Å². The van der Waals surface area contributed by atoms with Crippen LogP contribution in [0, 0.1) is 0 Å². The molecule has 3 aromatic rings. The summed E-state index contributed by atoms with van der Waals surface area (Å²) in [6, 6.07) is 7.82. The molecule has 0 bridgehead atoms. The molecule has 2 aromatic heterocycles. The first-order valence-corrected chi connectivity index (χ1v) is 10.4. The lowest BCUT2D eigenvalue weighted by Gasteiger charge is -2.33. The van der Waals surface area contributed by atoms with Crippen LogP contribution < -0.4 is 0 Å². The standard InChI is InChI=1S/C23H25N5O2/c1-16-22-24-17(13-21(29)26-9-5-6-10-26)14-27(22)11-12-28(16)23(30)19-15-25(2)20-8-4-3-7-18(19)20/h3-8,14-16H,9-13H2,1-2H3/t16-/m0/s1. The molecule has 0 aliphatic carbocycles. The molecule has 0 N–H and O–H groups in total. The summed E-state index contributed by atoms with van der Waals surface area (Å²) in [6.45, 7) is 4.67. The predicted molar refractivity (Wildman–Crippen MR) is 114 cm³/mol. The van der Waals surface area contributed by atoms with E-state index in [1.807, 2.05) is 77.1 Å². The molecular formula is C23H25N5O2. The minimum Gasteiger partial charge on any atom is -0.350 e. The Morgan fingerprint density at radius 1 is 1.10 bits per heavy atom. The number of hydrogen-bond donors (Lipinski definition) is 0. The number of carbonyl (C=O) groups excluding carboxylic acids is 2. The van der Waals surface area contributed by atoms with Gasteiger partial charge in [0.2, 0.25) is 5.91 Å². The zero-order chi connectivity index (χ0) is 20.8. The van der Waals surface area contributed by atoms with Gasteiger partial charge in [0.15, 0.2) is 0 Å². The summed E-state index contributed by atoms with van der Waals surface area (Å²) in [5, 5.41) is 0.969. The van der Waals surface area contributed by atoms with Gasteiger partial charge in [0.25, 0.3) is 5.91 Å². The molecule has 1 atom stereocenters. The maximum absolute atomic E-state index is 13.4. The van der Waals surface area contributed by atoms with E-state index in [1.54, 1.807) is 0 Å². The molecule has 5 rings (SSSR count). The number of amides is 2. The van der Waals surface area contributed by atoms with Crippen molar-refractivity contribution in [1.29, 1.82) is 0 Å². The normalized spacial score (nSPS) is 18.3. The minimum atomic E-state index is -0.150. The van der Waals surface area contributed by atoms with Crippen molar-refractivity contribution in [2.24, 2.45) is 7.05 Å². The molecule has 0 saturated carbocycles. The Morgan fingerprint density at radius 3 is 2.67 bits per heavy atom. The van der Waals surface area contributed by atoms with E-state index in [9.17, 15) is 9.59 Å². The number of fused-ring (bicyclic) bond motifs is 2. The average Bonchev–Trinajstić information content (AvgIpc) is 3.47. The molecule has 2 amide bonds. The Bertz CT molecular complexity index is 1160. The Hall–Kier alpha value is -3.35. The molecule has 7 heteroatoms. The van der Waals surface area contributed by atoms with Crippen molar-refractivity contribution in [3.63, 3.8) is 0 Å². The molecule has 0 unspecified atom stereocenters. The molecule has 30 heavy (non-hydrogen) atoms. The highest BCUT2D eigenvalue weighted by molar-refractivity contribution is 6.07. The van der Waals surface area contributed by atoms with E-state index in [0.29, 0.717) is 32.6 Å². The first kappa shape index (κ1) is 18.7. The fourth-order valence-electron chi connectivity index (χ4n) is 4.53. The molecule has 0 saturated heterocycles. The predicted octanol–water partition coefficient (Wildman–Crippen LogP) is 2.53. The second kappa shape index (κ2) is 7.16. The van der Waals surface area contributed by atoms with Crippen molar-refractivity contribution in [3.05, 3.63) is 65.9 Å². The number of para-hydroxylation sites is 1. The van der Waals surface area contributed by atoms with Crippen LogP contribution in [0.1, 0.15) is 34.8 Å². The fraction of sp³-hybridized carbons (Fsp3) is 0.348. The van der Waals surface area contributed by atoms with Crippen LogP contribution in [0.2, 0.25) is 0 Å². The van der Waals surface area contributed by atoms with E-state index in [2.05, 4.69) is 4.57 Å². The van der Waals surface area contributed by atoms with Crippen molar-refractivity contribution < 1.29 is 9.59 Å². The van der Waals surface area contributed by atoms with E-state index in [0.717, 1.165) is 28.0 Å². The lowest BCUT2D eigenvalue weighted by atomic mass is 10.1. The topological polar surface area (TPSA) is 63.4 Å². The van der Waals surface area contributed by atoms with E-state index < -0.39 is 0 Å². The summed E-state index contributed by atoms with van der Waals surface area (Å²) >= 11 is 0. The molecule has 0 radical (unpaired) electrons. The minimum absolute atomic E-state index is 0.0225. The Morgan fingerprint density at radius 2 is 1.87 bits per heavy atom. The second-order valence-corrected chi connectivity index (χ2v) is 8.08. The number of imidazole rings is 1. The smallest absolute Gasteiger partial charge is 0.256 e. The van der Waals surface area contributed by atoms with Gasteiger partial charge in [-0.2, -0.15) is 0 Å². The maximum Gasteiger partial charge on any atom is 0.256 e. The third-order valence-corrected chi connectivity index (χ3v) is 6.17. The fourth-order valence-corrected chi connectivity index (χ4v) is 4.53. The van der Waals surface area contributed by atoms with Gasteiger partial charge in [-0.1, -0.05) is 30.4 Å². The molecule has 4 heterocycles. The van der Waals surface area contributed by atoms with Gasteiger partial charge in [0.05, 0.1) is 23.7 Å². The Balaban J connectivity index is 1.38. The Labute approximate surface area is 175 Å². The SMILES string of the molecule is C[C@H]1c2nc(CC(=O)N3CC=CC3)cn2CCN1C(=O)c1cn(C)c2ccccc12. The quantitative estimate of drug-likeness (QED) is 0.632. The molecule has 2 aliphatic heterocycles. The van der Waals surface area contributed by atoms with Crippen LogP contribution in [0.15, 0.2) is 48.8 Å². The molecule has 0 spiro atoms. The van der Waals surface area contributed by atoms with Crippen molar-refractivity contribution in [1.82, 2.24) is 23.9 Å². The third kappa shape index (κ3) is 3.01. The van der Waals surface area contributed by atoms with Crippen molar-refractivity contribution >= 4 is 22.7 Å². The van der Waals surface area contributed by atoms with Crippen LogP contribution in [0.3, 0.4) is 0 Å². The number of nitrogens with zero attached hydrogens (tertiary/aromatic N) is 5. The highest BCUT2D eigenvalue weighted by atomic mass is 16.2. The highest BCUT2D eigenvalue weighted by Crippen LogP contribution is 2.29. The first-order valence-electron chi connectivity index (χ1n) is 10.4. The summed E-state index contributed by atoms with van der Waals surface area (Å²) in [5.41, 5.74) is 2.54. The second-order valence-electron chi connectivity index (χ2n) is 8.08. The number of hydrogen-bond acceptors (Lipinski definition) is 3. The van der Waals surface area contributed by atoms with Crippen LogP contribution in [-0.4, -0.2) is 55.4 Å². The van der Waals surface area contributed by atoms with Gasteiger partial charge in [0.1, 0.15) is 5.82 Å². The van der Waals surface area contributed by atoms with E-state index in [1.165, 1.54) is 0 Å². The van der Waals surface area contributed by atoms with Crippen molar-refractivity contribution in [3.8, 4) is 0 Å². The van der Waals surface area contributed by atoms with Crippen LogP contribution in [0.5, 0.6) is 0 Å². The monoisotopic (exact) mass is 403 g/mol. The number of aromatic nitrogens is 3. The lowest BCUT2D eigenvalue weighted by Crippen LogP contribution is -2.41. The van der Waals surface area contributed by atoms with E-state index in [4.69, 9.17) is 4.98 Å². The molecule has 0 fully saturated rings. The van der Waals surface area contributed by atoms with Crippen LogP contribution in [0.4, 0.5) is 0 Å². The molecular weight excluding hydrogens is 378 g/mol. The Kier molecular flexibility index (Phi) is 4.46. The molecule has 1 aromatic carbocycles. The van der Waals surface area contributed by atoms with Crippen LogP contribution in [0.25, 0.3) is 10.9 Å². The number of rotatable bonds is 3. The van der Waals surface area contributed by atoms with Gasteiger partial charge < -0.3 is 18.9 Å². The average molecular weight is 403 g/mol. The maximum atomic E-state index is 13.4. The van der Waals surface area contributed by atoms with Crippen molar-refractivity contribution in [2.75, 3.05) is 19.6 Å². The van der Waals surface area contributed by atoms with Gasteiger partial charge in [-0.05, 0) is 13.0 Å². The van der Waals surface area contributed by atoms with Gasteiger partial charge in [-0.15, -0.1) is 0 Å². The van der Waals surface area contributed by atoms with Gasteiger partial charge >= 0.3 is 0 Å². The first-order chi connectivity index (χ1) is 14.5.